The van der Waals surface area contributed by atoms with Crippen LogP contribution in [0.3, 0.4) is 0 Å². The first-order chi connectivity index (χ1) is 15.9. The van der Waals surface area contributed by atoms with Gasteiger partial charge in [0.2, 0.25) is 11.7 Å². The Kier molecular flexibility index (Phi) is 5.23. The number of nitrogens with one attached hydrogen (secondary N) is 1. The molecule has 2 aromatic carbocycles. The van der Waals surface area contributed by atoms with E-state index in [-0.39, 0.29) is 17.2 Å². The van der Waals surface area contributed by atoms with Crippen LogP contribution >= 0.6 is 11.6 Å². The van der Waals surface area contributed by atoms with Crippen LogP contribution in [-0.2, 0) is 13.0 Å². The zero-order chi connectivity index (χ0) is 23.1. The van der Waals surface area contributed by atoms with Crippen LogP contribution < -0.4 is 0 Å². The molecule has 3 aromatic heterocycles. The summed E-state index contributed by atoms with van der Waals surface area (Å²) in [6, 6.07) is 18.1. The summed E-state index contributed by atoms with van der Waals surface area (Å²) in [5.41, 5.74) is 3.12. The molecule has 0 aliphatic carbocycles. The molecule has 0 radical (unpaired) electrons. The molecule has 6 nitrogen and oxygen atoms in total. The fourth-order valence-electron chi connectivity index (χ4n) is 4.18. The maximum Gasteiger partial charge on any atom is 0.235 e. The van der Waals surface area contributed by atoms with Crippen molar-refractivity contribution in [3.63, 3.8) is 0 Å². The molecule has 3 N–H and O–H groups in total. The monoisotopic (exact) mass is 460 g/mol. The highest BCUT2D eigenvalue weighted by Crippen LogP contribution is 2.42. The molecule has 5 rings (SSSR count). The Balaban J connectivity index is 1.62. The van der Waals surface area contributed by atoms with Crippen LogP contribution in [0.25, 0.3) is 22.2 Å². The van der Waals surface area contributed by atoms with Crippen molar-refractivity contribution in [2.75, 3.05) is 0 Å². The highest BCUT2D eigenvalue weighted by Gasteiger charge is 2.30. The minimum atomic E-state index is -0.508. The minimum absolute atomic E-state index is 0.0110. The van der Waals surface area contributed by atoms with E-state index in [1.165, 1.54) is 0 Å². The summed E-state index contributed by atoms with van der Waals surface area (Å²) in [6.45, 7) is 2.07. The quantitative estimate of drug-likeness (QED) is 0.268. The van der Waals surface area contributed by atoms with E-state index in [1.807, 2.05) is 30.5 Å². The highest BCUT2D eigenvalue weighted by molar-refractivity contribution is 6.30. The zero-order valence-corrected chi connectivity index (χ0v) is 18.6. The van der Waals surface area contributed by atoms with Gasteiger partial charge in [-0.25, -0.2) is 0 Å². The molecule has 0 saturated carbocycles. The fourth-order valence-corrected chi connectivity index (χ4v) is 4.31. The largest absolute Gasteiger partial charge is 0.503 e. The molecule has 0 fully saturated rings. The number of halogens is 1. The van der Waals surface area contributed by atoms with E-state index in [4.69, 9.17) is 16.0 Å². The Labute approximate surface area is 194 Å². The number of H-pyrrole nitrogens is 1. The highest BCUT2D eigenvalue weighted by atomic mass is 35.5. The third kappa shape index (κ3) is 3.68. The average molecular weight is 461 g/mol. The lowest BCUT2D eigenvalue weighted by Gasteiger charge is -2.12. The second kappa shape index (κ2) is 8.22. The van der Waals surface area contributed by atoms with Crippen LogP contribution in [0.15, 0.2) is 71.3 Å². The number of para-hydroxylation sites is 1. The van der Waals surface area contributed by atoms with E-state index in [2.05, 4.69) is 4.98 Å². The third-order valence-electron chi connectivity index (χ3n) is 5.80. The molecule has 166 valence electrons. The number of aryl methyl sites for hydroxylation is 2. The molecule has 0 amide bonds. The Bertz CT molecular complexity index is 1470. The number of aromatic nitrogens is 2. The lowest BCUT2D eigenvalue weighted by Crippen LogP contribution is -2.06. The van der Waals surface area contributed by atoms with Crippen molar-refractivity contribution in [1.29, 1.82) is 0 Å². The molecule has 0 spiro atoms. The fraction of sp³-hybridized carbons (Fsp3) is 0.115. The number of carbonyl (C=O) groups excluding carboxylic acids is 1. The van der Waals surface area contributed by atoms with Crippen LogP contribution in [0.1, 0.15) is 27.4 Å². The van der Waals surface area contributed by atoms with E-state index < -0.39 is 11.5 Å². The number of fused-ring (bicyclic) bond motifs is 1. The Morgan fingerprint density at radius 1 is 1.06 bits per heavy atom. The van der Waals surface area contributed by atoms with E-state index >= 15 is 0 Å². The van der Waals surface area contributed by atoms with Gasteiger partial charge in [0, 0.05) is 28.7 Å². The number of carbonyl (C=O) groups is 1. The minimum Gasteiger partial charge on any atom is -0.503 e. The van der Waals surface area contributed by atoms with Crippen LogP contribution in [0.2, 0.25) is 5.02 Å². The van der Waals surface area contributed by atoms with E-state index in [9.17, 15) is 15.0 Å². The van der Waals surface area contributed by atoms with Crippen molar-refractivity contribution in [1.82, 2.24) is 9.55 Å². The van der Waals surface area contributed by atoms with Gasteiger partial charge in [0.15, 0.2) is 11.5 Å². The van der Waals surface area contributed by atoms with Gasteiger partial charge < -0.3 is 24.2 Å². The van der Waals surface area contributed by atoms with Gasteiger partial charge in [-0.1, -0.05) is 41.9 Å². The van der Waals surface area contributed by atoms with Gasteiger partial charge in [-0.05, 0) is 54.8 Å². The maximum absolute atomic E-state index is 13.3. The summed E-state index contributed by atoms with van der Waals surface area (Å²) in [5.74, 6) is -0.684. The average Bonchev–Trinajstić information content (AvgIpc) is 3.50. The van der Waals surface area contributed by atoms with Crippen molar-refractivity contribution < 1.29 is 19.4 Å². The first-order valence-corrected chi connectivity index (χ1v) is 10.9. The standard InChI is InChI=1S/C26H21ClN2O4/c1-15-6-11-21(33-15)24(30)22-23(16-7-9-18(27)10-8-16)29(26(32)25(22)31)13-12-17-14-28-20-5-3-2-4-19(17)20/h2-11,14,28,31-32H,12-13H2,1H3. The number of furan rings is 1. The van der Waals surface area contributed by atoms with Crippen LogP contribution in [0.5, 0.6) is 11.6 Å². The van der Waals surface area contributed by atoms with Gasteiger partial charge in [0.1, 0.15) is 5.76 Å². The van der Waals surface area contributed by atoms with Crippen LogP contribution in [0.4, 0.5) is 0 Å². The molecule has 0 atom stereocenters. The Morgan fingerprint density at radius 3 is 2.55 bits per heavy atom. The van der Waals surface area contributed by atoms with Gasteiger partial charge >= 0.3 is 0 Å². The lowest BCUT2D eigenvalue weighted by molar-refractivity contribution is 0.101. The molecule has 7 heteroatoms. The maximum atomic E-state index is 13.3. The number of aromatic amines is 1. The van der Waals surface area contributed by atoms with Crippen LogP contribution in [0, 0.1) is 6.92 Å². The second-order valence-electron chi connectivity index (χ2n) is 7.90. The number of ketones is 1. The first-order valence-electron chi connectivity index (χ1n) is 10.5. The molecule has 33 heavy (non-hydrogen) atoms. The number of hydrogen-bond acceptors (Lipinski definition) is 4. The van der Waals surface area contributed by atoms with Crippen molar-refractivity contribution in [3.05, 3.63) is 94.5 Å². The number of benzene rings is 2. The summed E-state index contributed by atoms with van der Waals surface area (Å²) in [5, 5.41) is 23.3. The number of aromatic hydroxyl groups is 2. The number of rotatable bonds is 6. The molecular weight excluding hydrogens is 440 g/mol. The molecule has 3 heterocycles. The predicted molar refractivity (Wildman–Crippen MR) is 127 cm³/mol. The van der Waals surface area contributed by atoms with Crippen molar-refractivity contribution >= 4 is 28.3 Å². The van der Waals surface area contributed by atoms with Gasteiger partial charge in [0.25, 0.3) is 0 Å². The van der Waals surface area contributed by atoms with E-state index in [1.54, 1.807) is 47.9 Å². The molecule has 0 bridgehead atoms. The summed E-state index contributed by atoms with van der Waals surface area (Å²) >= 11 is 6.07. The normalized spacial score (nSPS) is 11.3. The molecule has 0 aliphatic heterocycles. The van der Waals surface area contributed by atoms with Gasteiger partial charge in [0.05, 0.1) is 11.3 Å². The smallest absolute Gasteiger partial charge is 0.235 e. The predicted octanol–water partition coefficient (Wildman–Crippen LogP) is 6.08. The molecule has 5 aromatic rings. The molecule has 0 unspecified atom stereocenters. The topological polar surface area (TPSA) is 91.4 Å². The zero-order valence-electron chi connectivity index (χ0n) is 17.8. The molecule has 0 saturated heterocycles. The van der Waals surface area contributed by atoms with Crippen molar-refractivity contribution in [3.8, 4) is 22.9 Å². The summed E-state index contributed by atoms with van der Waals surface area (Å²) < 4.78 is 7.06. The van der Waals surface area contributed by atoms with E-state index in [0.29, 0.717) is 35.0 Å². The number of nitrogens with zero attached hydrogens (tertiary/aromatic N) is 1. The summed E-state index contributed by atoms with van der Waals surface area (Å²) in [7, 11) is 0. The van der Waals surface area contributed by atoms with Gasteiger partial charge in [-0.2, -0.15) is 0 Å². The Morgan fingerprint density at radius 2 is 1.82 bits per heavy atom. The third-order valence-corrected chi connectivity index (χ3v) is 6.05. The summed E-state index contributed by atoms with van der Waals surface area (Å²) in [6.07, 6.45) is 2.50. The summed E-state index contributed by atoms with van der Waals surface area (Å²) in [4.78, 5) is 16.6. The number of hydrogen-bond donors (Lipinski definition) is 3. The Hall–Kier alpha value is -3.90. The molecule has 0 aliphatic rings. The lowest BCUT2D eigenvalue weighted by atomic mass is 10.0. The van der Waals surface area contributed by atoms with E-state index in [0.717, 1.165) is 16.5 Å². The van der Waals surface area contributed by atoms with Gasteiger partial charge in [-0.15, -0.1) is 0 Å². The van der Waals surface area contributed by atoms with Gasteiger partial charge in [-0.3, -0.25) is 4.79 Å². The molecular formula is C26H21ClN2O4. The van der Waals surface area contributed by atoms with Crippen LogP contribution in [-0.4, -0.2) is 25.5 Å². The first kappa shape index (κ1) is 21.0. The SMILES string of the molecule is Cc1ccc(C(=O)c2c(O)c(O)n(CCc3c[nH]c4ccccc34)c2-c2ccc(Cl)cc2)o1. The second-order valence-corrected chi connectivity index (χ2v) is 8.34. The van der Waals surface area contributed by atoms with Crippen molar-refractivity contribution in [2.45, 2.75) is 19.9 Å². The van der Waals surface area contributed by atoms with Crippen molar-refractivity contribution in [2.24, 2.45) is 0 Å².